The Hall–Kier alpha value is -2.35. The van der Waals surface area contributed by atoms with E-state index in [9.17, 15) is 14.9 Å². The zero-order valence-corrected chi connectivity index (χ0v) is 15.9. The molecule has 0 radical (unpaired) electrons. The monoisotopic (exact) mass is 454 g/mol. The third-order valence-electron chi connectivity index (χ3n) is 3.44. The van der Waals surface area contributed by atoms with E-state index in [1.165, 1.54) is 24.3 Å². The summed E-state index contributed by atoms with van der Waals surface area (Å²) in [5, 5.41) is 14.1. The number of carbonyl (C=O) groups is 1. The van der Waals surface area contributed by atoms with Crippen molar-refractivity contribution in [2.45, 2.75) is 0 Å². The van der Waals surface area contributed by atoms with Gasteiger partial charge in [-0.15, -0.1) is 0 Å². The van der Waals surface area contributed by atoms with Gasteiger partial charge in [0.1, 0.15) is 5.76 Å². The summed E-state index contributed by atoms with van der Waals surface area (Å²) in [7, 11) is 0. The highest BCUT2D eigenvalue weighted by Gasteiger charge is 2.16. The number of nitrogens with one attached hydrogen (secondary N) is 1. The Kier molecular flexibility index (Phi) is 5.31. The molecular formula is C17H9BrCl2N2O4. The van der Waals surface area contributed by atoms with Crippen LogP contribution in [0.4, 0.5) is 11.4 Å². The molecular weight excluding hydrogens is 447 g/mol. The van der Waals surface area contributed by atoms with Crippen LogP contribution in [0.25, 0.3) is 11.3 Å². The van der Waals surface area contributed by atoms with Crippen LogP contribution in [0.5, 0.6) is 0 Å². The number of anilines is 1. The van der Waals surface area contributed by atoms with Crippen LogP contribution in [0.2, 0.25) is 10.0 Å². The van der Waals surface area contributed by atoms with Gasteiger partial charge in [-0.25, -0.2) is 0 Å². The average Bonchev–Trinajstić information content (AvgIpc) is 3.08. The molecule has 0 bridgehead atoms. The standard InChI is InChI=1S/C17H9BrCl2N2O4/c18-12-4-1-9(7-14(12)20)21-17(23)16-6-5-15(26-16)11-3-2-10(22(24)25)8-13(11)19/h1-8H,(H,21,23). The lowest BCUT2D eigenvalue weighted by Gasteiger charge is -2.05. The van der Waals surface area contributed by atoms with Gasteiger partial charge >= 0.3 is 0 Å². The van der Waals surface area contributed by atoms with Crippen LogP contribution in [-0.2, 0) is 0 Å². The van der Waals surface area contributed by atoms with Crippen LogP contribution < -0.4 is 5.32 Å². The van der Waals surface area contributed by atoms with Gasteiger partial charge in [0, 0.05) is 27.9 Å². The summed E-state index contributed by atoms with van der Waals surface area (Å²) < 4.78 is 6.24. The van der Waals surface area contributed by atoms with Crippen molar-refractivity contribution in [2.75, 3.05) is 5.32 Å². The van der Waals surface area contributed by atoms with Crippen molar-refractivity contribution in [3.63, 3.8) is 0 Å². The zero-order chi connectivity index (χ0) is 18.8. The van der Waals surface area contributed by atoms with Crippen molar-refractivity contribution >= 4 is 56.4 Å². The Morgan fingerprint density at radius 3 is 2.50 bits per heavy atom. The number of rotatable bonds is 4. The number of hydrogen-bond acceptors (Lipinski definition) is 4. The van der Waals surface area contributed by atoms with Crippen molar-refractivity contribution in [3.05, 3.63) is 78.9 Å². The Bertz CT molecular complexity index is 1020. The molecule has 132 valence electrons. The molecule has 6 nitrogen and oxygen atoms in total. The number of halogens is 3. The fourth-order valence-electron chi connectivity index (χ4n) is 2.19. The molecule has 1 aromatic heterocycles. The first-order chi connectivity index (χ1) is 12.3. The van der Waals surface area contributed by atoms with Gasteiger partial charge in [0.2, 0.25) is 0 Å². The van der Waals surface area contributed by atoms with Gasteiger partial charge in [-0.3, -0.25) is 14.9 Å². The molecule has 0 saturated carbocycles. The fraction of sp³-hybridized carbons (Fsp3) is 0. The summed E-state index contributed by atoms with van der Waals surface area (Å²) >= 11 is 15.3. The van der Waals surface area contributed by atoms with E-state index in [1.807, 2.05) is 0 Å². The van der Waals surface area contributed by atoms with Crippen molar-refractivity contribution < 1.29 is 14.1 Å². The quantitative estimate of drug-likeness (QED) is 0.376. The zero-order valence-electron chi connectivity index (χ0n) is 12.8. The third kappa shape index (κ3) is 3.90. The van der Waals surface area contributed by atoms with Crippen molar-refractivity contribution in [1.29, 1.82) is 0 Å². The summed E-state index contributed by atoms with van der Waals surface area (Å²) in [6, 6.07) is 12.1. The van der Waals surface area contributed by atoms with Gasteiger partial charge < -0.3 is 9.73 Å². The van der Waals surface area contributed by atoms with Crippen LogP contribution >= 0.6 is 39.1 Å². The fourth-order valence-corrected chi connectivity index (χ4v) is 2.88. The second kappa shape index (κ2) is 7.49. The predicted octanol–water partition coefficient (Wildman–Crippen LogP) is 6.18. The number of nitro groups is 1. The minimum atomic E-state index is -0.542. The van der Waals surface area contributed by atoms with Crippen LogP contribution in [0.15, 0.2) is 57.4 Å². The number of nitrogens with zero attached hydrogens (tertiary/aromatic N) is 1. The second-order valence-corrected chi connectivity index (χ2v) is 6.84. The Balaban J connectivity index is 1.82. The topological polar surface area (TPSA) is 85.4 Å². The van der Waals surface area contributed by atoms with Crippen LogP contribution in [0.1, 0.15) is 10.6 Å². The maximum absolute atomic E-state index is 12.3. The number of benzene rings is 2. The summed E-state index contributed by atoms with van der Waals surface area (Å²) in [5.74, 6) is -0.0787. The lowest BCUT2D eigenvalue weighted by Crippen LogP contribution is -2.10. The first-order valence-electron chi connectivity index (χ1n) is 7.15. The molecule has 0 aliphatic heterocycles. The van der Waals surface area contributed by atoms with E-state index < -0.39 is 10.8 Å². The van der Waals surface area contributed by atoms with Crippen LogP contribution in [-0.4, -0.2) is 10.8 Å². The molecule has 26 heavy (non-hydrogen) atoms. The minimum absolute atomic E-state index is 0.0634. The summed E-state index contributed by atoms with van der Waals surface area (Å²) in [5.41, 5.74) is 0.827. The third-order valence-corrected chi connectivity index (χ3v) is 4.98. The van der Waals surface area contributed by atoms with E-state index >= 15 is 0 Å². The molecule has 0 atom stereocenters. The van der Waals surface area contributed by atoms with Gasteiger partial charge in [0.05, 0.1) is 15.0 Å². The molecule has 0 aliphatic carbocycles. The minimum Gasteiger partial charge on any atom is -0.451 e. The average molecular weight is 456 g/mol. The Morgan fingerprint density at radius 1 is 1.08 bits per heavy atom. The first kappa shape index (κ1) is 18.4. The molecule has 2 aromatic carbocycles. The highest BCUT2D eigenvalue weighted by atomic mass is 79.9. The lowest BCUT2D eigenvalue weighted by atomic mass is 10.1. The number of carbonyl (C=O) groups excluding carboxylic acids is 1. The number of hydrogen-bond donors (Lipinski definition) is 1. The van der Waals surface area contributed by atoms with Gasteiger partial charge in [0.15, 0.2) is 5.76 Å². The SMILES string of the molecule is O=C(Nc1ccc(Br)c(Cl)c1)c1ccc(-c2ccc([N+](=O)[O-])cc2Cl)o1. The van der Waals surface area contributed by atoms with Crippen LogP contribution in [0.3, 0.4) is 0 Å². The molecule has 0 fully saturated rings. The molecule has 3 rings (SSSR count). The van der Waals surface area contributed by atoms with Crippen molar-refractivity contribution in [3.8, 4) is 11.3 Å². The van der Waals surface area contributed by atoms with Gasteiger partial charge in [-0.05, 0) is 52.3 Å². The highest BCUT2D eigenvalue weighted by molar-refractivity contribution is 9.10. The van der Waals surface area contributed by atoms with Gasteiger partial charge in [-0.2, -0.15) is 0 Å². The van der Waals surface area contributed by atoms with Gasteiger partial charge in [0.25, 0.3) is 11.6 Å². The van der Waals surface area contributed by atoms with E-state index in [-0.39, 0.29) is 16.5 Å². The van der Waals surface area contributed by atoms with Crippen molar-refractivity contribution in [1.82, 2.24) is 0 Å². The molecule has 0 unspecified atom stereocenters. The number of amides is 1. The Morgan fingerprint density at radius 2 is 1.85 bits per heavy atom. The summed E-state index contributed by atoms with van der Waals surface area (Å²) in [4.78, 5) is 22.5. The maximum atomic E-state index is 12.3. The molecule has 0 aliphatic rings. The maximum Gasteiger partial charge on any atom is 0.291 e. The van der Waals surface area contributed by atoms with E-state index in [4.69, 9.17) is 27.6 Å². The molecule has 9 heteroatoms. The summed E-state index contributed by atoms with van der Waals surface area (Å²) in [6.45, 7) is 0. The second-order valence-electron chi connectivity index (χ2n) is 5.17. The molecule has 3 aromatic rings. The normalized spacial score (nSPS) is 10.6. The number of furan rings is 1. The molecule has 1 N–H and O–H groups in total. The smallest absolute Gasteiger partial charge is 0.291 e. The number of non-ortho nitro benzene ring substituents is 1. The molecule has 0 spiro atoms. The largest absolute Gasteiger partial charge is 0.451 e. The van der Waals surface area contributed by atoms with E-state index in [0.717, 1.165) is 0 Å². The lowest BCUT2D eigenvalue weighted by molar-refractivity contribution is -0.384. The highest BCUT2D eigenvalue weighted by Crippen LogP contribution is 2.32. The number of nitro benzene ring substituents is 1. The Labute approximate surface area is 166 Å². The molecule has 1 heterocycles. The van der Waals surface area contributed by atoms with E-state index in [2.05, 4.69) is 21.2 Å². The van der Waals surface area contributed by atoms with E-state index in [0.29, 0.717) is 26.5 Å². The first-order valence-corrected chi connectivity index (χ1v) is 8.70. The summed E-state index contributed by atoms with van der Waals surface area (Å²) in [6.07, 6.45) is 0. The molecule has 1 amide bonds. The van der Waals surface area contributed by atoms with E-state index in [1.54, 1.807) is 24.3 Å². The predicted molar refractivity (Wildman–Crippen MR) is 103 cm³/mol. The van der Waals surface area contributed by atoms with Crippen LogP contribution in [0, 0.1) is 10.1 Å². The molecule has 0 saturated heterocycles. The van der Waals surface area contributed by atoms with Gasteiger partial charge in [-0.1, -0.05) is 23.2 Å². The van der Waals surface area contributed by atoms with Crippen molar-refractivity contribution in [2.24, 2.45) is 0 Å².